The molecule has 0 aromatic carbocycles. The second-order valence-electron chi connectivity index (χ2n) is 1.89. The van der Waals surface area contributed by atoms with Crippen LogP contribution in [0.25, 0.3) is 0 Å². The zero-order chi connectivity index (χ0) is 5.98. The molecule has 0 fully saturated rings. The largest absolute Gasteiger partial charge is 1.00 e. The second kappa shape index (κ2) is 3.98. The third-order valence-electron chi connectivity index (χ3n) is 0.851. The molecule has 0 aliphatic carbocycles. The Morgan fingerprint density at radius 3 is 2.33 bits per heavy atom. The molecule has 0 saturated carbocycles. The van der Waals surface area contributed by atoms with Gasteiger partial charge in [-0.2, -0.15) is 5.21 Å². The van der Waals surface area contributed by atoms with Crippen molar-refractivity contribution in [2.24, 2.45) is 0 Å². The molecule has 0 unspecified atom stereocenters. The first-order valence-corrected chi connectivity index (χ1v) is 2.49. The van der Waals surface area contributed by atoms with E-state index in [2.05, 4.69) is 20.6 Å². The summed E-state index contributed by atoms with van der Waals surface area (Å²) < 4.78 is 0. The van der Waals surface area contributed by atoms with E-state index in [0.717, 1.165) is 0 Å². The molecule has 0 amide bonds. The quantitative estimate of drug-likeness (QED) is 0.383. The Labute approximate surface area is 75.7 Å². The minimum atomic E-state index is 0. The Kier molecular flexibility index (Phi) is 4.01. The van der Waals surface area contributed by atoms with Crippen molar-refractivity contribution in [3.05, 3.63) is 5.82 Å². The number of rotatable bonds is 1. The number of nitrogens with zero attached hydrogens (tertiary/aromatic N) is 4. The van der Waals surface area contributed by atoms with Crippen molar-refractivity contribution in [2.45, 2.75) is 19.8 Å². The van der Waals surface area contributed by atoms with Gasteiger partial charge in [0, 0.05) is 5.82 Å². The van der Waals surface area contributed by atoms with E-state index < -0.39 is 0 Å². The molecule has 0 atom stereocenters. The molecule has 0 bridgehead atoms. The molecule has 1 rings (SSSR count). The van der Waals surface area contributed by atoms with Crippen molar-refractivity contribution in [1.82, 2.24) is 20.6 Å². The summed E-state index contributed by atoms with van der Waals surface area (Å²) in [4.78, 5) is 0. The minimum absolute atomic E-state index is 0. The standard InChI is InChI=1S/C4H7N4.Na/c1-3(2)4-5-7-8-6-4;/h3H,1-2H3;/q-1;+1. The Hall–Kier alpha value is 0.0700. The van der Waals surface area contributed by atoms with Gasteiger partial charge in [0.05, 0.1) is 0 Å². The van der Waals surface area contributed by atoms with Crippen molar-refractivity contribution in [2.75, 3.05) is 0 Å². The van der Waals surface area contributed by atoms with Gasteiger partial charge in [0.15, 0.2) is 0 Å². The third-order valence-corrected chi connectivity index (χ3v) is 0.851. The average Bonchev–Trinajstić information content (AvgIpc) is 2.12. The van der Waals surface area contributed by atoms with Gasteiger partial charge < -0.3 is 5.10 Å². The average molecular weight is 134 g/mol. The maximum absolute atomic E-state index is 3.64. The molecule has 0 radical (unpaired) electrons. The Morgan fingerprint density at radius 2 is 2.11 bits per heavy atom. The zero-order valence-corrected chi connectivity index (χ0v) is 7.87. The second-order valence-corrected chi connectivity index (χ2v) is 1.89. The zero-order valence-electron chi connectivity index (χ0n) is 5.87. The van der Waals surface area contributed by atoms with Gasteiger partial charge in [-0.3, -0.25) is 10.3 Å². The van der Waals surface area contributed by atoms with E-state index in [0.29, 0.717) is 11.7 Å². The van der Waals surface area contributed by atoms with Crippen molar-refractivity contribution in [3.63, 3.8) is 0 Å². The summed E-state index contributed by atoms with van der Waals surface area (Å²) >= 11 is 0. The molecule has 4 nitrogen and oxygen atoms in total. The molecular formula is C4H7N4Na. The van der Waals surface area contributed by atoms with Gasteiger partial charge in [-0.25, -0.2) is 0 Å². The van der Waals surface area contributed by atoms with Gasteiger partial charge in [-0.1, -0.05) is 13.8 Å². The van der Waals surface area contributed by atoms with Crippen LogP contribution < -0.4 is 34.7 Å². The van der Waals surface area contributed by atoms with Crippen LogP contribution in [0.2, 0.25) is 0 Å². The smallest absolute Gasteiger partial charge is 0.335 e. The summed E-state index contributed by atoms with van der Waals surface area (Å²) in [6.45, 7) is 4.00. The molecule has 44 valence electrons. The number of hydrogen-bond acceptors (Lipinski definition) is 3. The van der Waals surface area contributed by atoms with E-state index in [4.69, 9.17) is 0 Å². The summed E-state index contributed by atoms with van der Waals surface area (Å²) in [5, 5.41) is 14.0. The first-order valence-electron chi connectivity index (χ1n) is 2.49. The molecule has 9 heavy (non-hydrogen) atoms. The van der Waals surface area contributed by atoms with Gasteiger partial charge in [0.1, 0.15) is 0 Å². The molecule has 0 aliphatic heterocycles. The van der Waals surface area contributed by atoms with Crippen molar-refractivity contribution >= 4 is 0 Å². The molecule has 0 saturated heterocycles. The van der Waals surface area contributed by atoms with Crippen LogP contribution in [0.1, 0.15) is 25.6 Å². The summed E-state index contributed by atoms with van der Waals surface area (Å²) in [7, 11) is 0. The van der Waals surface area contributed by atoms with Crippen LogP contribution >= 0.6 is 0 Å². The van der Waals surface area contributed by atoms with Gasteiger partial charge in [-0.15, -0.1) is 0 Å². The Bertz CT molecular complexity index is 148. The molecule has 0 spiro atoms. The Morgan fingerprint density at radius 1 is 1.44 bits per heavy atom. The molecule has 5 heteroatoms. The maximum Gasteiger partial charge on any atom is 1.00 e. The topological polar surface area (TPSA) is 52.8 Å². The number of hydrogen-bond donors (Lipinski definition) is 0. The minimum Gasteiger partial charge on any atom is -0.335 e. The monoisotopic (exact) mass is 134 g/mol. The van der Waals surface area contributed by atoms with Crippen LogP contribution in [0.5, 0.6) is 0 Å². The first kappa shape index (κ1) is 9.07. The van der Waals surface area contributed by atoms with Crippen molar-refractivity contribution < 1.29 is 29.6 Å². The predicted octanol–water partition coefficient (Wildman–Crippen LogP) is -3.04. The van der Waals surface area contributed by atoms with Gasteiger partial charge >= 0.3 is 29.6 Å². The van der Waals surface area contributed by atoms with Crippen molar-refractivity contribution in [1.29, 1.82) is 0 Å². The fraction of sp³-hybridized carbons (Fsp3) is 0.750. The third kappa shape index (κ3) is 2.43. The van der Waals surface area contributed by atoms with E-state index in [1.54, 1.807) is 0 Å². The molecule has 1 aromatic heterocycles. The molecule has 1 heterocycles. The molecule has 0 aliphatic rings. The van der Waals surface area contributed by atoms with E-state index in [1.165, 1.54) is 0 Å². The van der Waals surface area contributed by atoms with E-state index in [-0.39, 0.29) is 29.6 Å². The molecule has 1 aromatic rings. The van der Waals surface area contributed by atoms with Crippen LogP contribution in [0.15, 0.2) is 0 Å². The van der Waals surface area contributed by atoms with Crippen LogP contribution in [0, 0.1) is 0 Å². The van der Waals surface area contributed by atoms with Crippen LogP contribution in [0.4, 0.5) is 0 Å². The fourth-order valence-corrected chi connectivity index (χ4v) is 0.383. The van der Waals surface area contributed by atoms with E-state index in [9.17, 15) is 0 Å². The van der Waals surface area contributed by atoms with Gasteiger partial charge in [0.25, 0.3) is 0 Å². The molecule has 0 N–H and O–H groups in total. The normalized spacial score (nSPS) is 9.22. The van der Waals surface area contributed by atoms with Gasteiger partial charge in [-0.05, 0) is 5.92 Å². The van der Waals surface area contributed by atoms with Crippen LogP contribution in [0.3, 0.4) is 0 Å². The van der Waals surface area contributed by atoms with E-state index >= 15 is 0 Å². The fourth-order valence-electron chi connectivity index (χ4n) is 0.383. The first-order chi connectivity index (χ1) is 3.80. The van der Waals surface area contributed by atoms with Crippen molar-refractivity contribution in [3.8, 4) is 0 Å². The summed E-state index contributed by atoms with van der Waals surface area (Å²) in [5.41, 5.74) is 0. The van der Waals surface area contributed by atoms with E-state index in [1.807, 2.05) is 13.8 Å². The number of tetrazole rings is 1. The molecular weight excluding hydrogens is 127 g/mol. The van der Waals surface area contributed by atoms with Crippen LogP contribution in [-0.4, -0.2) is 15.5 Å². The Balaban J connectivity index is 0.000000640. The maximum atomic E-state index is 3.64. The summed E-state index contributed by atoms with van der Waals surface area (Å²) in [6, 6.07) is 0. The predicted molar refractivity (Wildman–Crippen MR) is 27.2 cm³/mol. The SMILES string of the molecule is CC(C)c1nnn[n-]1.[Na+]. The number of aromatic nitrogens is 4. The van der Waals surface area contributed by atoms with Gasteiger partial charge in [0.2, 0.25) is 0 Å². The summed E-state index contributed by atoms with van der Waals surface area (Å²) in [6.07, 6.45) is 0. The summed E-state index contributed by atoms with van der Waals surface area (Å²) in [5.74, 6) is 1.05. The van der Waals surface area contributed by atoms with Crippen LogP contribution in [-0.2, 0) is 0 Å².